The maximum absolute atomic E-state index is 4.63. The van der Waals surface area contributed by atoms with Gasteiger partial charge in [0.1, 0.15) is 0 Å². The van der Waals surface area contributed by atoms with Crippen LogP contribution in [-0.2, 0) is 0 Å². The molecule has 2 aliphatic heterocycles. The Hall–Kier alpha value is -0.370. The lowest BCUT2D eigenvalue weighted by molar-refractivity contribution is 0.288. The predicted molar refractivity (Wildman–Crippen MR) is 47.2 cm³/mol. The highest BCUT2D eigenvalue weighted by Gasteiger charge is 2.31. The Morgan fingerprint density at radius 1 is 1.27 bits per heavy atom. The molecule has 2 heteroatoms. The highest BCUT2D eigenvalue weighted by atomic mass is 15.0. The minimum Gasteiger partial charge on any atom is -0.314 e. The monoisotopic (exact) mass is 152 g/mol. The summed E-state index contributed by atoms with van der Waals surface area (Å²) >= 11 is 0. The van der Waals surface area contributed by atoms with Crippen molar-refractivity contribution in [3.8, 4) is 0 Å². The van der Waals surface area contributed by atoms with Crippen molar-refractivity contribution >= 4 is 6.21 Å². The summed E-state index contributed by atoms with van der Waals surface area (Å²) in [5, 5.41) is 3.43. The topological polar surface area (TPSA) is 24.4 Å². The zero-order valence-electron chi connectivity index (χ0n) is 6.97. The number of nitrogens with one attached hydrogen (secondary N) is 1. The van der Waals surface area contributed by atoms with Gasteiger partial charge in [0.15, 0.2) is 0 Å². The van der Waals surface area contributed by atoms with Crippen LogP contribution in [0.1, 0.15) is 32.1 Å². The van der Waals surface area contributed by atoms with Crippen LogP contribution in [0.4, 0.5) is 0 Å². The number of hydrogen-bond acceptors (Lipinski definition) is 2. The Balaban J connectivity index is 2.06. The second-order valence-corrected chi connectivity index (χ2v) is 3.71. The summed E-state index contributed by atoms with van der Waals surface area (Å²) < 4.78 is 0. The van der Waals surface area contributed by atoms with E-state index in [2.05, 4.69) is 16.5 Å². The summed E-state index contributed by atoms with van der Waals surface area (Å²) in [5.74, 6) is 0. The van der Waals surface area contributed by atoms with Crippen LogP contribution in [0.3, 0.4) is 0 Å². The van der Waals surface area contributed by atoms with Crippen LogP contribution in [0.2, 0.25) is 0 Å². The minimum atomic E-state index is 0.316. The molecule has 11 heavy (non-hydrogen) atoms. The summed E-state index contributed by atoms with van der Waals surface area (Å²) in [7, 11) is 0. The third-order valence-corrected chi connectivity index (χ3v) is 2.79. The second kappa shape index (κ2) is 2.94. The van der Waals surface area contributed by atoms with Crippen molar-refractivity contribution in [1.82, 2.24) is 5.32 Å². The van der Waals surface area contributed by atoms with Crippen LogP contribution in [0, 0.1) is 0 Å². The molecule has 2 nitrogen and oxygen atoms in total. The smallest absolute Gasteiger partial charge is 0.0728 e. The number of piperidine rings is 1. The van der Waals surface area contributed by atoms with Gasteiger partial charge in [0.2, 0.25) is 0 Å². The molecular formula is C9H16N2. The number of aliphatic imine (C=N–C) groups is 1. The maximum Gasteiger partial charge on any atom is 0.0728 e. The van der Waals surface area contributed by atoms with E-state index in [0.29, 0.717) is 5.54 Å². The molecule has 2 aliphatic rings. The molecule has 0 amide bonds. The van der Waals surface area contributed by atoms with Gasteiger partial charge in [0, 0.05) is 6.54 Å². The molecule has 62 valence electrons. The first-order valence-corrected chi connectivity index (χ1v) is 4.66. The van der Waals surface area contributed by atoms with E-state index in [1.54, 1.807) is 0 Å². The molecule has 1 fully saturated rings. The molecule has 2 rings (SSSR count). The van der Waals surface area contributed by atoms with E-state index in [1.165, 1.54) is 38.6 Å². The van der Waals surface area contributed by atoms with Crippen LogP contribution in [0.25, 0.3) is 0 Å². The molecule has 0 bridgehead atoms. The van der Waals surface area contributed by atoms with Gasteiger partial charge in [-0.3, -0.25) is 4.99 Å². The number of hydrogen-bond donors (Lipinski definition) is 1. The van der Waals surface area contributed by atoms with E-state index in [0.717, 1.165) is 6.54 Å². The fourth-order valence-corrected chi connectivity index (χ4v) is 2.12. The second-order valence-electron chi connectivity index (χ2n) is 3.71. The largest absolute Gasteiger partial charge is 0.314 e. The Morgan fingerprint density at radius 2 is 2.18 bits per heavy atom. The quantitative estimate of drug-likeness (QED) is 0.557. The van der Waals surface area contributed by atoms with E-state index in [-0.39, 0.29) is 0 Å². The first-order chi connectivity index (χ1) is 5.41. The number of rotatable bonds is 0. The Bertz CT molecular complexity index is 157. The van der Waals surface area contributed by atoms with Gasteiger partial charge in [-0.15, -0.1) is 0 Å². The summed E-state index contributed by atoms with van der Waals surface area (Å²) in [4.78, 5) is 4.63. The van der Waals surface area contributed by atoms with Crippen LogP contribution in [0.15, 0.2) is 4.99 Å². The Labute approximate surface area is 68.1 Å². The molecule has 1 saturated heterocycles. The Kier molecular flexibility index (Phi) is 1.95. The summed E-state index contributed by atoms with van der Waals surface area (Å²) in [6, 6.07) is 0. The third kappa shape index (κ3) is 1.45. The lowest BCUT2D eigenvalue weighted by Crippen LogP contribution is -2.45. The van der Waals surface area contributed by atoms with Crippen LogP contribution < -0.4 is 5.32 Å². The molecule has 0 aromatic carbocycles. The van der Waals surface area contributed by atoms with E-state index < -0.39 is 0 Å². The predicted octanol–water partition coefficient (Wildman–Crippen LogP) is 1.36. The van der Waals surface area contributed by atoms with Crippen LogP contribution >= 0.6 is 0 Å². The molecule has 1 N–H and O–H groups in total. The maximum atomic E-state index is 4.63. The van der Waals surface area contributed by atoms with Gasteiger partial charge in [0.25, 0.3) is 0 Å². The molecule has 0 radical (unpaired) electrons. The first kappa shape index (κ1) is 7.29. The fraction of sp³-hybridized carbons (Fsp3) is 0.889. The van der Waals surface area contributed by atoms with Gasteiger partial charge in [-0.2, -0.15) is 0 Å². The van der Waals surface area contributed by atoms with Gasteiger partial charge in [-0.1, -0.05) is 0 Å². The molecule has 0 aliphatic carbocycles. The van der Waals surface area contributed by atoms with Gasteiger partial charge in [-0.05, 0) is 44.9 Å². The van der Waals surface area contributed by atoms with Crippen molar-refractivity contribution in [2.75, 3.05) is 13.1 Å². The van der Waals surface area contributed by atoms with E-state index in [4.69, 9.17) is 0 Å². The fourth-order valence-electron chi connectivity index (χ4n) is 2.12. The third-order valence-electron chi connectivity index (χ3n) is 2.79. The molecule has 1 spiro atoms. The van der Waals surface area contributed by atoms with Crippen molar-refractivity contribution in [3.63, 3.8) is 0 Å². The van der Waals surface area contributed by atoms with Crippen LogP contribution in [-0.4, -0.2) is 24.8 Å². The Morgan fingerprint density at radius 3 is 2.82 bits per heavy atom. The molecule has 0 aromatic rings. The average Bonchev–Trinajstić information content (AvgIpc) is 2.07. The molecule has 1 atom stereocenters. The molecule has 0 saturated carbocycles. The normalized spacial score (nSPS) is 37.8. The van der Waals surface area contributed by atoms with E-state index in [1.807, 2.05) is 0 Å². The molecular weight excluding hydrogens is 136 g/mol. The zero-order valence-corrected chi connectivity index (χ0v) is 6.97. The first-order valence-electron chi connectivity index (χ1n) is 4.66. The van der Waals surface area contributed by atoms with Gasteiger partial charge in [0.05, 0.1) is 5.54 Å². The van der Waals surface area contributed by atoms with E-state index in [9.17, 15) is 0 Å². The lowest BCUT2D eigenvalue weighted by Gasteiger charge is -2.36. The molecule has 1 unspecified atom stereocenters. The summed E-state index contributed by atoms with van der Waals surface area (Å²) in [6.45, 7) is 2.31. The highest BCUT2D eigenvalue weighted by Crippen LogP contribution is 2.29. The number of nitrogens with zero attached hydrogens (tertiary/aromatic N) is 1. The molecule has 2 heterocycles. The van der Waals surface area contributed by atoms with Crippen LogP contribution in [0.5, 0.6) is 0 Å². The van der Waals surface area contributed by atoms with Gasteiger partial charge in [-0.25, -0.2) is 0 Å². The van der Waals surface area contributed by atoms with Crippen molar-refractivity contribution in [2.24, 2.45) is 4.99 Å². The molecule has 0 aromatic heterocycles. The zero-order chi connectivity index (χ0) is 7.57. The van der Waals surface area contributed by atoms with Crippen molar-refractivity contribution in [3.05, 3.63) is 0 Å². The van der Waals surface area contributed by atoms with E-state index >= 15 is 0 Å². The van der Waals surface area contributed by atoms with Crippen molar-refractivity contribution in [2.45, 2.75) is 37.6 Å². The minimum absolute atomic E-state index is 0.316. The standard InChI is InChI=1S/C9H16N2/c1-2-7-11-9(4-1)5-3-6-10-8-9/h7,10H,1-6,8H2. The average molecular weight is 152 g/mol. The summed E-state index contributed by atoms with van der Waals surface area (Å²) in [6.07, 6.45) is 8.56. The SMILES string of the molecule is C1=NC2(CCC1)CCCNC2. The van der Waals surface area contributed by atoms with Gasteiger partial charge < -0.3 is 5.32 Å². The van der Waals surface area contributed by atoms with Crippen molar-refractivity contribution < 1.29 is 0 Å². The summed E-state index contributed by atoms with van der Waals surface area (Å²) in [5.41, 5.74) is 0.316. The van der Waals surface area contributed by atoms with Gasteiger partial charge >= 0.3 is 0 Å². The van der Waals surface area contributed by atoms with Crippen molar-refractivity contribution in [1.29, 1.82) is 0 Å². The highest BCUT2D eigenvalue weighted by molar-refractivity contribution is 5.59. The lowest BCUT2D eigenvalue weighted by atomic mass is 9.84.